The highest BCUT2D eigenvalue weighted by Gasteiger charge is 2.26. The smallest absolute Gasteiger partial charge is 0.307 e. The third kappa shape index (κ3) is 6.80. The maximum absolute atomic E-state index is 12.7. The summed E-state index contributed by atoms with van der Waals surface area (Å²) in [7, 11) is -3.60. The highest BCUT2D eigenvalue weighted by molar-refractivity contribution is 7.99. The third-order valence-electron chi connectivity index (χ3n) is 4.73. The number of rotatable bonds is 9. The number of morpholine rings is 1. The first-order chi connectivity index (χ1) is 15.4. The molecule has 1 fully saturated rings. The molecule has 1 heterocycles. The topological polar surface area (TPSA) is 102 Å². The van der Waals surface area contributed by atoms with Gasteiger partial charge in [-0.05, 0) is 43.3 Å². The van der Waals surface area contributed by atoms with Gasteiger partial charge in [0, 0.05) is 29.4 Å². The van der Waals surface area contributed by atoms with Crippen molar-refractivity contribution in [1.29, 1.82) is 0 Å². The van der Waals surface area contributed by atoms with Crippen molar-refractivity contribution in [3.63, 3.8) is 0 Å². The van der Waals surface area contributed by atoms with Crippen LogP contribution in [-0.4, -0.2) is 62.8 Å². The van der Waals surface area contributed by atoms with Crippen LogP contribution in [0.1, 0.15) is 13.3 Å². The van der Waals surface area contributed by atoms with Crippen LogP contribution < -0.4 is 5.32 Å². The fourth-order valence-electron chi connectivity index (χ4n) is 2.97. The van der Waals surface area contributed by atoms with Crippen LogP contribution in [0.15, 0.2) is 64.4 Å². The summed E-state index contributed by atoms with van der Waals surface area (Å²) in [5.74, 6) is -0.392. The Hall–Kier alpha value is -2.40. The number of benzene rings is 2. The molecule has 1 aliphatic rings. The standard InChI is InChI=1S/C22H26N2O6S2/c1-17(30-21(25)11-16-31-19-5-3-2-4-6-19)22(26)23-18-7-9-20(10-8-18)32(27,28)24-12-14-29-15-13-24/h2-10,17H,11-16H2,1H3,(H,23,26). The molecule has 0 spiro atoms. The van der Waals surface area contributed by atoms with Crippen LogP contribution in [0.5, 0.6) is 0 Å². The predicted molar refractivity (Wildman–Crippen MR) is 122 cm³/mol. The van der Waals surface area contributed by atoms with Crippen molar-refractivity contribution >= 4 is 39.3 Å². The Morgan fingerprint density at radius 3 is 2.41 bits per heavy atom. The minimum absolute atomic E-state index is 0.146. The molecule has 2 aromatic rings. The van der Waals surface area contributed by atoms with Crippen LogP contribution in [0.4, 0.5) is 5.69 Å². The molecular formula is C22H26N2O6S2. The number of amides is 1. The number of sulfonamides is 1. The monoisotopic (exact) mass is 478 g/mol. The molecule has 1 atom stereocenters. The van der Waals surface area contributed by atoms with Crippen LogP contribution in [0.3, 0.4) is 0 Å². The third-order valence-corrected chi connectivity index (χ3v) is 7.65. The van der Waals surface area contributed by atoms with E-state index in [4.69, 9.17) is 9.47 Å². The van der Waals surface area contributed by atoms with E-state index in [1.165, 1.54) is 47.3 Å². The number of anilines is 1. The lowest BCUT2D eigenvalue weighted by molar-refractivity contribution is -0.152. The fourth-order valence-corrected chi connectivity index (χ4v) is 5.23. The molecule has 0 aromatic heterocycles. The van der Waals surface area contributed by atoms with Gasteiger partial charge in [-0.1, -0.05) is 18.2 Å². The molecule has 0 aliphatic carbocycles. The van der Waals surface area contributed by atoms with E-state index in [-0.39, 0.29) is 11.3 Å². The molecule has 0 radical (unpaired) electrons. The molecule has 3 rings (SSSR count). The van der Waals surface area contributed by atoms with Gasteiger partial charge >= 0.3 is 5.97 Å². The number of nitrogens with zero attached hydrogens (tertiary/aromatic N) is 1. The summed E-state index contributed by atoms with van der Waals surface area (Å²) in [6.07, 6.45) is -0.786. The summed E-state index contributed by atoms with van der Waals surface area (Å²) in [6, 6.07) is 15.6. The maximum atomic E-state index is 12.7. The van der Waals surface area contributed by atoms with E-state index in [1.807, 2.05) is 30.3 Å². The number of nitrogens with one attached hydrogen (secondary N) is 1. The molecule has 0 bridgehead atoms. The number of carbonyl (C=O) groups is 2. The van der Waals surface area contributed by atoms with Crippen LogP contribution >= 0.6 is 11.8 Å². The molecule has 0 saturated carbocycles. The van der Waals surface area contributed by atoms with E-state index in [0.29, 0.717) is 37.7 Å². The SMILES string of the molecule is CC(OC(=O)CCSc1ccccc1)C(=O)Nc1ccc(S(=O)(=O)N2CCOCC2)cc1. The Morgan fingerprint density at radius 1 is 1.09 bits per heavy atom. The lowest BCUT2D eigenvalue weighted by Gasteiger charge is -2.26. The molecule has 2 aromatic carbocycles. The molecule has 8 nitrogen and oxygen atoms in total. The Balaban J connectivity index is 1.46. The molecule has 10 heteroatoms. The molecule has 1 aliphatic heterocycles. The van der Waals surface area contributed by atoms with Gasteiger partial charge in [-0.2, -0.15) is 4.31 Å². The number of carbonyl (C=O) groups excluding carboxylic acids is 2. The van der Waals surface area contributed by atoms with Gasteiger partial charge < -0.3 is 14.8 Å². The highest BCUT2D eigenvalue weighted by atomic mass is 32.2. The van der Waals surface area contributed by atoms with Crippen molar-refractivity contribution in [1.82, 2.24) is 4.31 Å². The molecule has 1 unspecified atom stereocenters. The number of hydrogen-bond donors (Lipinski definition) is 1. The first-order valence-corrected chi connectivity index (χ1v) is 12.6. The zero-order chi connectivity index (χ0) is 23.0. The van der Waals surface area contributed by atoms with Gasteiger partial charge in [0.15, 0.2) is 6.10 Å². The van der Waals surface area contributed by atoms with Crippen LogP contribution in [0.2, 0.25) is 0 Å². The summed E-state index contributed by atoms with van der Waals surface area (Å²) < 4.78 is 37.1. The number of hydrogen-bond acceptors (Lipinski definition) is 7. The second-order valence-electron chi connectivity index (χ2n) is 7.07. The van der Waals surface area contributed by atoms with E-state index in [1.54, 1.807) is 0 Å². The van der Waals surface area contributed by atoms with E-state index in [0.717, 1.165) is 4.90 Å². The zero-order valence-corrected chi connectivity index (χ0v) is 19.4. The van der Waals surface area contributed by atoms with Gasteiger partial charge in [0.2, 0.25) is 10.0 Å². The van der Waals surface area contributed by atoms with E-state index < -0.39 is 28.0 Å². The van der Waals surface area contributed by atoms with Crippen molar-refractivity contribution in [2.75, 3.05) is 37.4 Å². The molecule has 32 heavy (non-hydrogen) atoms. The normalized spacial score (nSPS) is 15.7. The van der Waals surface area contributed by atoms with Gasteiger partial charge in [0.1, 0.15) is 0 Å². The van der Waals surface area contributed by atoms with Gasteiger partial charge in [0.25, 0.3) is 5.91 Å². The summed E-state index contributed by atoms with van der Waals surface area (Å²) in [5.41, 5.74) is 0.415. The van der Waals surface area contributed by atoms with Crippen LogP contribution in [-0.2, 0) is 29.1 Å². The molecular weight excluding hydrogens is 452 g/mol. The van der Waals surface area contributed by atoms with Crippen LogP contribution in [0, 0.1) is 0 Å². The highest BCUT2D eigenvalue weighted by Crippen LogP contribution is 2.20. The predicted octanol–water partition coefficient (Wildman–Crippen LogP) is 2.76. The van der Waals surface area contributed by atoms with Crippen LogP contribution in [0.25, 0.3) is 0 Å². The largest absolute Gasteiger partial charge is 0.453 e. The Bertz CT molecular complexity index is 1010. The van der Waals surface area contributed by atoms with Crippen molar-refractivity contribution in [3.8, 4) is 0 Å². The molecule has 1 amide bonds. The van der Waals surface area contributed by atoms with Crippen molar-refractivity contribution in [3.05, 3.63) is 54.6 Å². The van der Waals surface area contributed by atoms with Crippen molar-refractivity contribution in [2.24, 2.45) is 0 Å². The van der Waals surface area contributed by atoms with Gasteiger partial charge in [0.05, 0.1) is 24.5 Å². The van der Waals surface area contributed by atoms with Gasteiger partial charge in [-0.3, -0.25) is 9.59 Å². The maximum Gasteiger partial charge on any atom is 0.307 e. The van der Waals surface area contributed by atoms with Gasteiger partial charge in [-0.25, -0.2) is 8.42 Å². The molecule has 172 valence electrons. The van der Waals surface area contributed by atoms with Gasteiger partial charge in [-0.15, -0.1) is 11.8 Å². The minimum Gasteiger partial charge on any atom is -0.453 e. The summed E-state index contributed by atoms with van der Waals surface area (Å²) in [6.45, 7) is 2.86. The lowest BCUT2D eigenvalue weighted by Crippen LogP contribution is -2.40. The number of thioether (sulfide) groups is 1. The Labute approximate surface area is 192 Å². The Morgan fingerprint density at radius 2 is 1.75 bits per heavy atom. The van der Waals surface area contributed by atoms with Crippen molar-refractivity contribution < 1.29 is 27.5 Å². The average molecular weight is 479 g/mol. The lowest BCUT2D eigenvalue weighted by atomic mass is 10.3. The molecule has 1 N–H and O–H groups in total. The minimum atomic E-state index is -3.60. The first kappa shape index (κ1) is 24.2. The van der Waals surface area contributed by atoms with E-state index in [9.17, 15) is 18.0 Å². The number of esters is 1. The molecule has 1 saturated heterocycles. The average Bonchev–Trinajstić information content (AvgIpc) is 2.80. The summed E-state index contributed by atoms with van der Waals surface area (Å²) in [5, 5.41) is 2.64. The second-order valence-corrected chi connectivity index (χ2v) is 10.2. The second kappa shape index (κ2) is 11.5. The zero-order valence-electron chi connectivity index (χ0n) is 17.7. The van der Waals surface area contributed by atoms with E-state index >= 15 is 0 Å². The summed E-state index contributed by atoms with van der Waals surface area (Å²) >= 11 is 1.54. The number of ether oxygens (including phenoxy) is 2. The Kier molecular flexibility index (Phi) is 8.68. The fraction of sp³-hybridized carbons (Fsp3) is 0.364. The van der Waals surface area contributed by atoms with Crippen molar-refractivity contribution in [2.45, 2.75) is 29.2 Å². The first-order valence-electron chi connectivity index (χ1n) is 10.2. The summed E-state index contributed by atoms with van der Waals surface area (Å²) in [4.78, 5) is 25.6. The quantitative estimate of drug-likeness (QED) is 0.437. The van der Waals surface area contributed by atoms with E-state index in [2.05, 4.69) is 5.32 Å².